The van der Waals surface area contributed by atoms with Crippen molar-refractivity contribution in [2.45, 2.75) is 70.9 Å². The van der Waals surface area contributed by atoms with Gasteiger partial charge in [0.05, 0.1) is 19.3 Å². The van der Waals surface area contributed by atoms with Gasteiger partial charge in [0.25, 0.3) is 0 Å². The van der Waals surface area contributed by atoms with E-state index in [1.54, 1.807) is 18.3 Å². The summed E-state index contributed by atoms with van der Waals surface area (Å²) >= 11 is 0. The average molecular weight is 706 g/mol. The smallest absolute Gasteiger partial charge is 0.305 e. The predicted octanol–water partition coefficient (Wildman–Crippen LogP) is 9.14. The quantitative estimate of drug-likeness (QED) is 0.0592. The van der Waals surface area contributed by atoms with Gasteiger partial charge in [0.15, 0.2) is 6.29 Å². The van der Waals surface area contributed by atoms with Gasteiger partial charge in [-0.1, -0.05) is 78.9 Å². The molecule has 2 N–H and O–H groups in total. The number of carboxylic acid groups (broad SMARTS) is 1. The van der Waals surface area contributed by atoms with Crippen LogP contribution < -0.4 is 4.74 Å². The third-order valence-electron chi connectivity index (χ3n) is 8.82. The first-order valence-corrected chi connectivity index (χ1v) is 17.9. The SMILES string of the molecule is CCOC(=O)CCCC/C=C(\c1ccc(OCc2ccc([C@H]3OC[C@@H](C/C=C\CCC(=O)O)[C@@H](c4ccccc4O)O3)cc2)cc1)c1cccnc1. The maximum Gasteiger partial charge on any atom is 0.305 e. The molecular weight excluding hydrogens is 658 g/mol. The summed E-state index contributed by atoms with van der Waals surface area (Å²) in [7, 11) is 0. The Hall–Kier alpha value is -5.25. The molecule has 2 heterocycles. The number of phenols is 1. The molecule has 1 aromatic heterocycles. The number of carboxylic acids is 1. The number of allylic oxidation sites excluding steroid dienone is 3. The molecule has 3 atom stereocenters. The van der Waals surface area contributed by atoms with Crippen LogP contribution in [-0.2, 0) is 30.4 Å². The number of para-hydroxylation sites is 1. The van der Waals surface area contributed by atoms with Crippen molar-refractivity contribution < 1.29 is 38.7 Å². The predicted molar refractivity (Wildman–Crippen MR) is 198 cm³/mol. The highest BCUT2D eigenvalue weighted by atomic mass is 16.7. The lowest BCUT2D eigenvalue weighted by Gasteiger charge is -2.37. The van der Waals surface area contributed by atoms with Crippen LogP contribution in [0, 0.1) is 5.92 Å². The van der Waals surface area contributed by atoms with Crippen molar-refractivity contribution in [3.63, 3.8) is 0 Å². The number of hydrogen-bond donors (Lipinski definition) is 2. The number of unbranched alkanes of at least 4 members (excludes halogenated alkanes) is 2. The number of pyridine rings is 1. The Bertz CT molecular complexity index is 1770. The molecule has 4 aromatic rings. The first kappa shape index (κ1) is 38.0. The van der Waals surface area contributed by atoms with Gasteiger partial charge in [-0.15, -0.1) is 0 Å². The molecular formula is C43H47NO8. The van der Waals surface area contributed by atoms with E-state index in [-0.39, 0.29) is 24.1 Å². The van der Waals surface area contributed by atoms with E-state index in [0.29, 0.717) is 44.6 Å². The van der Waals surface area contributed by atoms with Gasteiger partial charge in [0.2, 0.25) is 0 Å². The molecule has 9 heteroatoms. The average Bonchev–Trinajstić information content (AvgIpc) is 3.16. The summed E-state index contributed by atoms with van der Waals surface area (Å²) in [5.41, 5.74) is 5.72. The van der Waals surface area contributed by atoms with E-state index in [4.69, 9.17) is 24.1 Å². The molecule has 0 saturated carbocycles. The number of carbonyl (C=O) groups excluding carboxylic acids is 1. The normalized spacial score (nSPS) is 17.6. The van der Waals surface area contributed by atoms with Crippen molar-refractivity contribution in [2.75, 3.05) is 13.2 Å². The van der Waals surface area contributed by atoms with Gasteiger partial charge in [0.1, 0.15) is 18.1 Å². The summed E-state index contributed by atoms with van der Waals surface area (Å²) in [5.74, 6) is -0.111. The van der Waals surface area contributed by atoms with Gasteiger partial charge in [-0.05, 0) is 80.0 Å². The lowest BCUT2D eigenvalue weighted by molar-refractivity contribution is -0.244. The minimum atomic E-state index is -0.826. The molecule has 5 rings (SSSR count). The number of phenolic OH excluding ortho intramolecular Hbond substituents is 1. The lowest BCUT2D eigenvalue weighted by Crippen LogP contribution is -2.30. The second kappa shape index (κ2) is 20.0. The standard InChI is InChI=1S/C43H47NO8/c1-2-49-41(48)18-8-4-6-14-37(34-13-11-27-44-28-34)32-23-25-36(26-24-32)50-29-31-19-21-33(22-20-31)43-51-30-35(12-5-3-7-17-40(46)47)42(52-43)38-15-9-10-16-39(38)45/h3,5,9-11,13-16,19-28,35,42-43,45H,2,4,6-8,12,17-18,29-30H2,1H3,(H,46,47)/b5-3-,37-14+/t35-,42+,43+/m1/s1. The fourth-order valence-corrected chi connectivity index (χ4v) is 6.09. The number of rotatable bonds is 18. The Morgan fingerprint density at radius 3 is 2.44 bits per heavy atom. The number of carbonyl (C=O) groups is 2. The van der Waals surface area contributed by atoms with Crippen LogP contribution in [0.3, 0.4) is 0 Å². The van der Waals surface area contributed by atoms with Crippen LogP contribution in [0.4, 0.5) is 0 Å². The number of aromatic nitrogens is 1. The van der Waals surface area contributed by atoms with Crippen molar-refractivity contribution >= 4 is 17.5 Å². The second-order valence-electron chi connectivity index (χ2n) is 12.6. The van der Waals surface area contributed by atoms with Crippen LogP contribution in [-0.4, -0.2) is 40.3 Å². The summed E-state index contributed by atoms with van der Waals surface area (Å²) < 4.78 is 23.8. The van der Waals surface area contributed by atoms with Crippen LogP contribution in [0.25, 0.3) is 5.57 Å². The van der Waals surface area contributed by atoms with Crippen LogP contribution in [0.15, 0.2) is 116 Å². The van der Waals surface area contributed by atoms with Crippen molar-refractivity contribution in [3.05, 3.63) is 143 Å². The summed E-state index contributed by atoms with van der Waals surface area (Å²) in [6, 6.07) is 27.1. The highest BCUT2D eigenvalue weighted by Crippen LogP contribution is 2.42. The molecule has 1 aliphatic heterocycles. The zero-order chi connectivity index (χ0) is 36.5. The van der Waals surface area contributed by atoms with Crippen molar-refractivity contribution in [3.8, 4) is 11.5 Å². The Labute approximate surface area is 305 Å². The van der Waals surface area contributed by atoms with Crippen LogP contribution in [0.1, 0.15) is 92.1 Å². The monoisotopic (exact) mass is 705 g/mol. The van der Waals surface area contributed by atoms with Crippen LogP contribution in [0.2, 0.25) is 0 Å². The largest absolute Gasteiger partial charge is 0.508 e. The van der Waals surface area contributed by atoms with Crippen molar-refractivity contribution in [2.24, 2.45) is 5.92 Å². The summed E-state index contributed by atoms with van der Waals surface area (Å²) in [6.07, 6.45) is 12.7. The number of benzene rings is 3. The minimum absolute atomic E-state index is 0.0524. The molecule has 1 saturated heterocycles. The highest BCUT2D eigenvalue weighted by Gasteiger charge is 2.34. The molecule has 0 amide bonds. The van der Waals surface area contributed by atoms with E-state index in [9.17, 15) is 14.7 Å². The van der Waals surface area contributed by atoms with Crippen LogP contribution >= 0.6 is 0 Å². The number of esters is 1. The Morgan fingerprint density at radius 1 is 0.904 bits per heavy atom. The Balaban J connectivity index is 1.18. The van der Waals surface area contributed by atoms with Gasteiger partial charge >= 0.3 is 11.9 Å². The van der Waals surface area contributed by atoms with Gasteiger partial charge in [-0.2, -0.15) is 0 Å². The molecule has 0 unspecified atom stereocenters. The first-order chi connectivity index (χ1) is 25.4. The van der Waals surface area contributed by atoms with E-state index in [0.717, 1.165) is 52.8 Å². The molecule has 52 heavy (non-hydrogen) atoms. The molecule has 1 fully saturated rings. The van der Waals surface area contributed by atoms with Gasteiger partial charge in [-0.25, -0.2) is 0 Å². The fourth-order valence-electron chi connectivity index (χ4n) is 6.09. The minimum Gasteiger partial charge on any atom is -0.508 e. The number of ether oxygens (including phenoxy) is 4. The molecule has 9 nitrogen and oxygen atoms in total. The number of aromatic hydroxyl groups is 1. The Morgan fingerprint density at radius 2 is 1.71 bits per heavy atom. The Kier molecular flexibility index (Phi) is 14.6. The van der Waals surface area contributed by atoms with Crippen molar-refractivity contribution in [1.29, 1.82) is 0 Å². The summed E-state index contributed by atoms with van der Waals surface area (Å²) in [4.78, 5) is 26.8. The van der Waals surface area contributed by atoms with Crippen molar-refractivity contribution in [1.82, 2.24) is 4.98 Å². The number of hydrogen-bond acceptors (Lipinski definition) is 8. The number of aliphatic carboxylic acids is 1. The molecule has 0 bridgehead atoms. The third-order valence-corrected chi connectivity index (χ3v) is 8.82. The summed E-state index contributed by atoms with van der Waals surface area (Å²) in [5, 5.41) is 19.5. The first-order valence-electron chi connectivity index (χ1n) is 17.9. The van der Waals surface area contributed by atoms with E-state index in [1.165, 1.54) is 0 Å². The highest BCUT2D eigenvalue weighted by molar-refractivity contribution is 5.79. The zero-order valence-corrected chi connectivity index (χ0v) is 29.6. The molecule has 0 spiro atoms. The second-order valence-corrected chi connectivity index (χ2v) is 12.6. The van der Waals surface area contributed by atoms with Gasteiger partial charge in [-0.3, -0.25) is 14.6 Å². The van der Waals surface area contributed by atoms with Gasteiger partial charge in [0, 0.05) is 47.8 Å². The molecule has 0 radical (unpaired) electrons. The maximum atomic E-state index is 11.7. The molecule has 0 aliphatic carbocycles. The van der Waals surface area contributed by atoms with E-state index >= 15 is 0 Å². The van der Waals surface area contributed by atoms with E-state index in [1.807, 2.05) is 98.1 Å². The zero-order valence-electron chi connectivity index (χ0n) is 29.6. The topological polar surface area (TPSA) is 124 Å². The molecule has 1 aliphatic rings. The maximum absolute atomic E-state index is 11.7. The van der Waals surface area contributed by atoms with Gasteiger partial charge < -0.3 is 29.2 Å². The third kappa shape index (κ3) is 11.4. The van der Waals surface area contributed by atoms with E-state index in [2.05, 4.69) is 11.1 Å². The van der Waals surface area contributed by atoms with E-state index < -0.39 is 18.4 Å². The molecule has 3 aromatic carbocycles. The van der Waals surface area contributed by atoms with Crippen LogP contribution in [0.5, 0.6) is 11.5 Å². The molecule has 272 valence electrons. The summed E-state index contributed by atoms with van der Waals surface area (Å²) in [6.45, 7) is 3.03. The fraction of sp³-hybridized carbons (Fsp3) is 0.326. The lowest BCUT2D eigenvalue weighted by atomic mass is 9.91. The number of nitrogens with zero attached hydrogens (tertiary/aromatic N) is 1.